The van der Waals surface area contributed by atoms with Crippen molar-refractivity contribution < 1.29 is 19.3 Å². The zero-order valence-corrected chi connectivity index (χ0v) is 13.9. The molecule has 2 saturated heterocycles. The molecule has 1 aromatic carbocycles. The summed E-state index contributed by atoms with van der Waals surface area (Å²) in [5.74, 6) is 1.26. The van der Waals surface area contributed by atoms with Gasteiger partial charge < -0.3 is 9.68 Å². The molecule has 6 nitrogen and oxygen atoms in total. The van der Waals surface area contributed by atoms with Crippen molar-refractivity contribution >= 4 is 11.8 Å². The second kappa shape index (κ2) is 8.04. The monoisotopic (exact) mass is 332 g/mol. The Balaban J connectivity index is 1.58. The molecule has 0 aromatic heterocycles. The Morgan fingerprint density at radius 1 is 0.625 bits per heavy atom. The number of nitrogens with zero attached hydrogens (tertiary/aromatic N) is 2. The molecule has 2 fully saturated rings. The Hall–Kier alpha value is -2.24. The first-order chi connectivity index (χ1) is 11.7. The Morgan fingerprint density at radius 2 is 1.04 bits per heavy atom. The molecule has 2 heterocycles. The smallest absolute Gasteiger partial charge is 0.255 e. The summed E-state index contributed by atoms with van der Waals surface area (Å²) in [7, 11) is 0. The first-order valence-corrected chi connectivity index (χ1v) is 8.79. The lowest BCUT2D eigenvalue weighted by Gasteiger charge is -2.22. The van der Waals surface area contributed by atoms with Crippen LogP contribution in [-0.4, -0.2) is 35.0 Å². The number of hydrogen-bond acceptors (Lipinski definition) is 4. The fraction of sp³-hybridized carbons (Fsp3) is 0.556. The highest BCUT2D eigenvalue weighted by atomic mass is 16.7. The molecular weight excluding hydrogens is 308 g/mol. The van der Waals surface area contributed by atoms with Gasteiger partial charge in [0.05, 0.1) is 13.1 Å². The minimum absolute atomic E-state index is 0.0305. The molecule has 0 bridgehead atoms. The van der Waals surface area contributed by atoms with Crippen LogP contribution in [0.1, 0.15) is 51.4 Å². The zero-order valence-electron chi connectivity index (χ0n) is 13.9. The Labute approximate surface area is 142 Å². The first kappa shape index (κ1) is 16.6. The number of benzene rings is 1. The van der Waals surface area contributed by atoms with Crippen molar-refractivity contribution in [2.24, 2.45) is 0 Å². The number of carbonyl (C=O) groups is 2. The average molecular weight is 332 g/mol. The molecule has 0 saturated carbocycles. The predicted octanol–water partition coefficient (Wildman–Crippen LogP) is 3.08. The van der Waals surface area contributed by atoms with E-state index in [0.29, 0.717) is 37.4 Å². The molecule has 1 aromatic rings. The Kier molecular flexibility index (Phi) is 5.56. The number of amides is 2. The van der Waals surface area contributed by atoms with Crippen LogP contribution in [0.5, 0.6) is 11.5 Å². The van der Waals surface area contributed by atoms with Crippen LogP contribution in [0.2, 0.25) is 0 Å². The largest absolute Gasteiger partial charge is 0.377 e. The third-order valence-electron chi connectivity index (χ3n) is 4.31. The van der Waals surface area contributed by atoms with E-state index in [-0.39, 0.29) is 11.8 Å². The van der Waals surface area contributed by atoms with E-state index in [2.05, 4.69) is 0 Å². The van der Waals surface area contributed by atoms with Crippen molar-refractivity contribution in [2.75, 3.05) is 13.1 Å². The van der Waals surface area contributed by atoms with Crippen molar-refractivity contribution in [3.05, 3.63) is 24.3 Å². The topological polar surface area (TPSA) is 59.1 Å². The van der Waals surface area contributed by atoms with Crippen molar-refractivity contribution in [1.82, 2.24) is 10.1 Å². The van der Waals surface area contributed by atoms with Gasteiger partial charge in [0, 0.05) is 12.8 Å². The minimum atomic E-state index is 0.0305. The molecule has 0 radical (unpaired) electrons. The van der Waals surface area contributed by atoms with Crippen LogP contribution in [0.4, 0.5) is 0 Å². The van der Waals surface area contributed by atoms with E-state index in [9.17, 15) is 9.59 Å². The van der Waals surface area contributed by atoms with Crippen LogP contribution in [-0.2, 0) is 9.59 Å². The normalized spacial score (nSPS) is 19.7. The minimum Gasteiger partial charge on any atom is -0.377 e. The maximum Gasteiger partial charge on any atom is 0.255 e. The molecular formula is C18H24N2O4. The van der Waals surface area contributed by atoms with Crippen LogP contribution in [0.25, 0.3) is 0 Å². The van der Waals surface area contributed by atoms with Crippen molar-refractivity contribution in [1.29, 1.82) is 0 Å². The maximum atomic E-state index is 11.9. The fourth-order valence-corrected chi connectivity index (χ4v) is 2.92. The SMILES string of the molecule is O=C1CCCCCN1Oc1ccc(ON2CCCCCC2=O)cc1. The Morgan fingerprint density at radius 3 is 1.46 bits per heavy atom. The van der Waals surface area contributed by atoms with E-state index in [1.165, 1.54) is 10.1 Å². The Bertz CT molecular complexity index is 522. The zero-order chi connectivity index (χ0) is 16.8. The number of hydroxylamine groups is 4. The summed E-state index contributed by atoms with van der Waals surface area (Å²) in [6.07, 6.45) is 6.97. The highest BCUT2D eigenvalue weighted by molar-refractivity contribution is 5.76. The van der Waals surface area contributed by atoms with Gasteiger partial charge in [0.15, 0.2) is 11.5 Å². The van der Waals surface area contributed by atoms with Gasteiger partial charge in [-0.05, 0) is 49.9 Å². The highest BCUT2D eigenvalue weighted by Gasteiger charge is 2.20. The van der Waals surface area contributed by atoms with E-state index in [0.717, 1.165) is 38.5 Å². The third-order valence-corrected chi connectivity index (χ3v) is 4.31. The average Bonchev–Trinajstić information content (AvgIpc) is 2.91. The van der Waals surface area contributed by atoms with E-state index in [1.54, 1.807) is 24.3 Å². The van der Waals surface area contributed by atoms with Crippen molar-refractivity contribution in [3.8, 4) is 11.5 Å². The van der Waals surface area contributed by atoms with Gasteiger partial charge in [-0.15, -0.1) is 0 Å². The maximum absolute atomic E-state index is 11.9. The molecule has 3 rings (SSSR count). The third kappa shape index (κ3) is 4.40. The molecule has 0 atom stereocenters. The fourth-order valence-electron chi connectivity index (χ4n) is 2.92. The van der Waals surface area contributed by atoms with Gasteiger partial charge in [-0.25, -0.2) is 0 Å². The number of carbonyl (C=O) groups excluding carboxylic acids is 2. The van der Waals surface area contributed by atoms with E-state index < -0.39 is 0 Å². The molecule has 2 aliphatic rings. The van der Waals surface area contributed by atoms with Gasteiger partial charge in [-0.3, -0.25) is 9.59 Å². The quantitative estimate of drug-likeness (QED) is 0.850. The summed E-state index contributed by atoms with van der Waals surface area (Å²) in [6.45, 7) is 1.25. The standard InChI is InChI=1S/C18H24N2O4/c21-17-7-3-1-5-13-19(17)23-15-9-11-16(12-10-15)24-20-14-6-2-4-8-18(20)22/h9-12H,1-8,13-14H2. The molecule has 24 heavy (non-hydrogen) atoms. The van der Waals surface area contributed by atoms with Gasteiger partial charge in [0.25, 0.3) is 11.8 Å². The van der Waals surface area contributed by atoms with Crippen LogP contribution in [0, 0.1) is 0 Å². The van der Waals surface area contributed by atoms with E-state index in [4.69, 9.17) is 9.68 Å². The van der Waals surface area contributed by atoms with Crippen molar-refractivity contribution in [3.63, 3.8) is 0 Å². The second-order valence-corrected chi connectivity index (χ2v) is 6.27. The number of hydrogen-bond donors (Lipinski definition) is 0. The van der Waals surface area contributed by atoms with Gasteiger partial charge in [0.1, 0.15) is 0 Å². The van der Waals surface area contributed by atoms with Gasteiger partial charge >= 0.3 is 0 Å². The lowest BCUT2D eigenvalue weighted by atomic mass is 10.2. The van der Waals surface area contributed by atoms with Crippen LogP contribution < -0.4 is 9.68 Å². The summed E-state index contributed by atoms with van der Waals surface area (Å²) in [4.78, 5) is 35.3. The molecule has 2 aliphatic heterocycles. The molecule has 0 unspecified atom stereocenters. The molecule has 0 aliphatic carbocycles. The summed E-state index contributed by atoms with van der Waals surface area (Å²) < 4.78 is 0. The van der Waals surface area contributed by atoms with E-state index >= 15 is 0 Å². The lowest BCUT2D eigenvalue weighted by Crippen LogP contribution is -2.34. The summed E-state index contributed by atoms with van der Waals surface area (Å²) in [5.41, 5.74) is 0. The predicted molar refractivity (Wildman–Crippen MR) is 88.1 cm³/mol. The highest BCUT2D eigenvalue weighted by Crippen LogP contribution is 2.22. The molecule has 0 spiro atoms. The first-order valence-electron chi connectivity index (χ1n) is 8.79. The summed E-state index contributed by atoms with van der Waals surface area (Å²) in [5, 5.41) is 2.89. The van der Waals surface area contributed by atoms with E-state index in [1.807, 2.05) is 0 Å². The molecule has 2 amide bonds. The van der Waals surface area contributed by atoms with Crippen LogP contribution >= 0.6 is 0 Å². The molecule has 6 heteroatoms. The number of rotatable bonds is 4. The van der Waals surface area contributed by atoms with Crippen LogP contribution in [0.15, 0.2) is 24.3 Å². The summed E-state index contributed by atoms with van der Waals surface area (Å²) in [6, 6.07) is 7.04. The van der Waals surface area contributed by atoms with Crippen molar-refractivity contribution in [2.45, 2.75) is 51.4 Å². The van der Waals surface area contributed by atoms with Gasteiger partial charge in [-0.1, -0.05) is 12.8 Å². The second-order valence-electron chi connectivity index (χ2n) is 6.27. The lowest BCUT2D eigenvalue weighted by molar-refractivity contribution is -0.157. The summed E-state index contributed by atoms with van der Waals surface area (Å²) >= 11 is 0. The van der Waals surface area contributed by atoms with Gasteiger partial charge in [-0.2, -0.15) is 10.1 Å². The molecule has 130 valence electrons. The molecule has 0 N–H and O–H groups in total. The van der Waals surface area contributed by atoms with Gasteiger partial charge in [0.2, 0.25) is 0 Å². The van der Waals surface area contributed by atoms with Crippen LogP contribution in [0.3, 0.4) is 0 Å².